The molecule has 0 atom stereocenters. The summed E-state index contributed by atoms with van der Waals surface area (Å²) in [4.78, 5) is 16.1. The molecule has 11 aromatic carbocycles. The fourth-order valence-corrected chi connectivity index (χ4v) is 11.0. The van der Waals surface area contributed by atoms with Crippen molar-refractivity contribution in [3.05, 3.63) is 237 Å². The molecule has 0 radical (unpaired) electrons. The van der Waals surface area contributed by atoms with Crippen molar-refractivity contribution in [3.8, 4) is 56.7 Å². The number of benzene rings is 11. The summed E-state index contributed by atoms with van der Waals surface area (Å²) in [6.07, 6.45) is 0. The molecule has 15 rings (SSSR count). The molecule has 15 aromatic rings. The molecule has 6 heteroatoms. The molecule has 0 aliphatic heterocycles. The zero-order valence-electron chi connectivity index (χ0n) is 38.2. The summed E-state index contributed by atoms with van der Waals surface area (Å²) < 4.78 is 11.6. The van der Waals surface area contributed by atoms with Gasteiger partial charge in [-0.2, -0.15) is 0 Å². The van der Waals surface area contributed by atoms with Gasteiger partial charge in [0.05, 0.1) is 33.1 Å². The van der Waals surface area contributed by atoms with E-state index in [1.165, 1.54) is 37.7 Å². The third kappa shape index (κ3) is 6.18. The number of nitrogens with zero attached hydrogens (tertiary/aromatic N) is 5. The molecule has 0 aliphatic rings. The maximum Gasteiger partial charge on any atom is 0.164 e. The van der Waals surface area contributed by atoms with E-state index < -0.39 is 0 Å². The van der Waals surface area contributed by atoms with Gasteiger partial charge in [-0.1, -0.05) is 176 Å². The van der Waals surface area contributed by atoms with E-state index in [1.54, 1.807) is 0 Å². The van der Waals surface area contributed by atoms with Crippen LogP contribution in [0.3, 0.4) is 0 Å². The summed E-state index contributed by atoms with van der Waals surface area (Å²) in [5.41, 5.74) is 12.9. The Hall–Kier alpha value is -9.65. The second-order valence-corrected chi connectivity index (χ2v) is 18.4. The minimum atomic E-state index is 0.543. The first-order valence-corrected chi connectivity index (χ1v) is 24.0. The standard InChI is InChI=1S/C65H39N5O/c1-3-15-40(16-4-1)41-27-29-43(30-28-41)63-66-64(46-31-33-51-50-23-11-13-25-54(50)69(56(51)37-46)48-20-5-2-6-21-48)68-65(67-63)47-38-58(62-52-24-12-14-26-59(52)71-60(62)39-47)70-55-34-32-42-17-9-10-22-49(42)61(55)53-35-44-18-7-8-19-45(44)36-57(53)70/h1-39H. The number of hydrogen-bond acceptors (Lipinski definition) is 4. The van der Waals surface area contributed by atoms with Crippen LogP contribution < -0.4 is 0 Å². The molecule has 0 N–H and O–H groups in total. The number of furan rings is 1. The number of fused-ring (bicyclic) bond motifs is 12. The average Bonchev–Trinajstić information content (AvgIpc) is 4.10. The van der Waals surface area contributed by atoms with Gasteiger partial charge in [-0.05, 0) is 93.3 Å². The van der Waals surface area contributed by atoms with Gasteiger partial charge in [-0.25, -0.2) is 15.0 Å². The van der Waals surface area contributed by atoms with Crippen molar-refractivity contribution in [2.24, 2.45) is 0 Å². The molecule has 6 nitrogen and oxygen atoms in total. The van der Waals surface area contributed by atoms with Gasteiger partial charge in [0.2, 0.25) is 0 Å². The van der Waals surface area contributed by atoms with E-state index in [0.717, 1.165) is 88.6 Å². The van der Waals surface area contributed by atoms with Crippen LogP contribution in [0.5, 0.6) is 0 Å². The predicted molar refractivity (Wildman–Crippen MR) is 293 cm³/mol. The molecule has 4 aromatic heterocycles. The third-order valence-corrected chi connectivity index (χ3v) is 14.3. The molecule has 71 heavy (non-hydrogen) atoms. The van der Waals surface area contributed by atoms with Crippen molar-refractivity contribution < 1.29 is 4.42 Å². The summed E-state index contributed by atoms with van der Waals surface area (Å²) in [5.74, 6) is 1.69. The predicted octanol–water partition coefficient (Wildman–Crippen LogP) is 16.9. The first kappa shape index (κ1) is 39.4. The van der Waals surface area contributed by atoms with Crippen LogP contribution >= 0.6 is 0 Å². The summed E-state index contributed by atoms with van der Waals surface area (Å²) in [5, 5.41) is 11.6. The fourth-order valence-electron chi connectivity index (χ4n) is 11.0. The smallest absolute Gasteiger partial charge is 0.164 e. The van der Waals surface area contributed by atoms with Gasteiger partial charge >= 0.3 is 0 Å². The second-order valence-electron chi connectivity index (χ2n) is 18.4. The summed E-state index contributed by atoms with van der Waals surface area (Å²) in [7, 11) is 0. The molecule has 0 aliphatic carbocycles. The van der Waals surface area contributed by atoms with Crippen molar-refractivity contribution >= 4 is 87.1 Å². The zero-order valence-corrected chi connectivity index (χ0v) is 38.2. The van der Waals surface area contributed by atoms with E-state index in [1.807, 2.05) is 12.1 Å². The van der Waals surface area contributed by atoms with Crippen molar-refractivity contribution in [2.75, 3.05) is 0 Å². The van der Waals surface area contributed by atoms with Crippen LogP contribution in [0.4, 0.5) is 0 Å². The Kier molecular flexibility index (Phi) is 8.56. The van der Waals surface area contributed by atoms with Gasteiger partial charge in [-0.15, -0.1) is 0 Å². The first-order valence-electron chi connectivity index (χ1n) is 24.0. The highest BCUT2D eigenvalue weighted by molar-refractivity contribution is 6.24. The van der Waals surface area contributed by atoms with Crippen LogP contribution in [-0.4, -0.2) is 24.1 Å². The largest absolute Gasteiger partial charge is 0.456 e. The maximum absolute atomic E-state index is 6.85. The van der Waals surface area contributed by atoms with Crippen LogP contribution in [0.2, 0.25) is 0 Å². The minimum absolute atomic E-state index is 0.543. The topological polar surface area (TPSA) is 61.7 Å². The van der Waals surface area contributed by atoms with Gasteiger partial charge in [0.25, 0.3) is 0 Å². The van der Waals surface area contributed by atoms with Gasteiger partial charge in [-0.3, -0.25) is 0 Å². The second kappa shape index (κ2) is 15.4. The number of para-hydroxylation sites is 3. The maximum atomic E-state index is 6.85. The molecule has 0 amide bonds. The summed E-state index contributed by atoms with van der Waals surface area (Å²) in [6.45, 7) is 0. The van der Waals surface area contributed by atoms with Crippen LogP contribution in [0.25, 0.3) is 144 Å². The zero-order chi connectivity index (χ0) is 46.6. The van der Waals surface area contributed by atoms with E-state index in [4.69, 9.17) is 19.4 Å². The Labute approximate surface area is 407 Å². The average molecular weight is 906 g/mol. The Morgan fingerprint density at radius 3 is 1.66 bits per heavy atom. The lowest BCUT2D eigenvalue weighted by Crippen LogP contribution is -2.02. The quantitative estimate of drug-likeness (QED) is 0.167. The van der Waals surface area contributed by atoms with E-state index in [2.05, 4.69) is 234 Å². The molecule has 330 valence electrons. The van der Waals surface area contributed by atoms with Gasteiger partial charge < -0.3 is 13.6 Å². The molecule has 0 fully saturated rings. The Balaban J connectivity index is 1.01. The van der Waals surface area contributed by atoms with Gasteiger partial charge in [0.1, 0.15) is 11.2 Å². The van der Waals surface area contributed by atoms with Crippen molar-refractivity contribution in [2.45, 2.75) is 0 Å². The lowest BCUT2D eigenvalue weighted by Gasteiger charge is -2.14. The van der Waals surface area contributed by atoms with E-state index >= 15 is 0 Å². The molecule has 0 unspecified atom stereocenters. The molecular weight excluding hydrogens is 867 g/mol. The normalized spacial score (nSPS) is 11.9. The minimum Gasteiger partial charge on any atom is -0.456 e. The van der Waals surface area contributed by atoms with Crippen LogP contribution in [0.15, 0.2) is 241 Å². The third-order valence-electron chi connectivity index (χ3n) is 14.3. The van der Waals surface area contributed by atoms with Gasteiger partial charge in [0.15, 0.2) is 17.5 Å². The molecule has 0 saturated heterocycles. The van der Waals surface area contributed by atoms with Crippen molar-refractivity contribution in [1.82, 2.24) is 24.1 Å². The number of hydrogen-bond donors (Lipinski definition) is 0. The molecular formula is C65H39N5O. The number of aromatic nitrogens is 5. The highest BCUT2D eigenvalue weighted by atomic mass is 16.3. The van der Waals surface area contributed by atoms with Crippen LogP contribution in [0.1, 0.15) is 0 Å². The van der Waals surface area contributed by atoms with E-state index in [-0.39, 0.29) is 0 Å². The van der Waals surface area contributed by atoms with Crippen LogP contribution in [0, 0.1) is 0 Å². The monoisotopic (exact) mass is 905 g/mol. The van der Waals surface area contributed by atoms with E-state index in [9.17, 15) is 0 Å². The van der Waals surface area contributed by atoms with Gasteiger partial charge in [0, 0.05) is 49.3 Å². The molecule has 0 saturated carbocycles. The molecule has 4 heterocycles. The summed E-state index contributed by atoms with van der Waals surface area (Å²) in [6, 6.07) is 83.9. The Morgan fingerprint density at radius 2 is 0.859 bits per heavy atom. The lowest BCUT2D eigenvalue weighted by molar-refractivity contribution is 0.669. The van der Waals surface area contributed by atoms with Crippen molar-refractivity contribution in [1.29, 1.82) is 0 Å². The highest BCUT2D eigenvalue weighted by Gasteiger charge is 2.23. The highest BCUT2D eigenvalue weighted by Crippen LogP contribution is 2.44. The molecule has 0 spiro atoms. The first-order chi connectivity index (χ1) is 35.2. The Morgan fingerprint density at radius 1 is 0.282 bits per heavy atom. The van der Waals surface area contributed by atoms with Crippen LogP contribution in [-0.2, 0) is 0 Å². The summed E-state index contributed by atoms with van der Waals surface area (Å²) >= 11 is 0. The van der Waals surface area contributed by atoms with E-state index in [0.29, 0.717) is 17.5 Å². The van der Waals surface area contributed by atoms with Crippen molar-refractivity contribution in [3.63, 3.8) is 0 Å². The SMILES string of the molecule is c1ccc(-c2ccc(-c3nc(-c4cc(-n5c6cc7ccccc7cc6c6c7ccccc7ccc65)c5c(c4)oc4ccccc45)nc(-c4ccc5c6ccccc6n(-c6ccccc6)c5c4)n3)cc2)cc1. The Bertz CT molecular complexity index is 4620. The lowest BCUT2D eigenvalue weighted by atomic mass is 10.0. The number of rotatable bonds is 6. The fraction of sp³-hybridized carbons (Fsp3) is 0. The molecule has 0 bridgehead atoms.